The Morgan fingerprint density at radius 1 is 0.968 bits per heavy atom. The number of nitrogens with two attached hydrogens (primary N) is 1. The number of hydrogen-bond acceptors (Lipinski definition) is 4. The lowest BCUT2D eigenvalue weighted by Crippen LogP contribution is -2.36. The van der Waals surface area contributed by atoms with E-state index in [1.165, 1.54) is 12.0 Å². The molecule has 158 valence electrons. The minimum atomic E-state index is -0.141. The van der Waals surface area contributed by atoms with Crippen LogP contribution in [0.25, 0.3) is 22.2 Å². The second-order valence-electron chi connectivity index (χ2n) is 8.34. The molecule has 5 rings (SSSR count). The SMILES string of the molecule is Nc1c(C(=O)NC2CCCCC2)c2nc3ccccc3nc2n1CCc1ccccc1. The van der Waals surface area contributed by atoms with Gasteiger partial charge in [0, 0.05) is 12.6 Å². The molecule has 0 spiro atoms. The molecule has 1 aliphatic rings. The highest BCUT2D eigenvalue weighted by atomic mass is 16.1. The molecular formula is C25H27N5O. The standard InChI is InChI=1S/C25H27N5O/c26-23-21(25(31)27-18-11-5-2-6-12-18)22-24(29-20-14-8-7-13-19(20)28-22)30(23)16-15-17-9-3-1-4-10-17/h1,3-4,7-10,13-14,18H,2,5-6,11-12,15-16,26H2,(H,27,31). The number of carbonyl (C=O) groups excluding carboxylic acids is 1. The fraction of sp³-hybridized carbons (Fsp3) is 0.320. The maximum absolute atomic E-state index is 13.3. The van der Waals surface area contributed by atoms with Crippen molar-refractivity contribution >= 4 is 33.9 Å². The lowest BCUT2D eigenvalue weighted by Gasteiger charge is -2.22. The third kappa shape index (κ3) is 3.85. The highest BCUT2D eigenvalue weighted by Crippen LogP contribution is 2.29. The van der Waals surface area contributed by atoms with Crippen LogP contribution in [-0.2, 0) is 13.0 Å². The summed E-state index contributed by atoms with van der Waals surface area (Å²) in [6, 6.07) is 18.2. The Morgan fingerprint density at radius 3 is 2.39 bits per heavy atom. The molecular weight excluding hydrogens is 386 g/mol. The van der Waals surface area contributed by atoms with Crippen molar-refractivity contribution in [1.29, 1.82) is 0 Å². The molecule has 1 fully saturated rings. The fourth-order valence-corrected chi connectivity index (χ4v) is 4.56. The first-order valence-corrected chi connectivity index (χ1v) is 11.1. The summed E-state index contributed by atoms with van der Waals surface area (Å²) in [5, 5.41) is 3.20. The molecule has 0 atom stereocenters. The molecule has 2 aromatic carbocycles. The number of amides is 1. The number of para-hydroxylation sites is 2. The Bertz CT molecular complexity index is 1230. The van der Waals surface area contributed by atoms with Gasteiger partial charge in [-0.05, 0) is 37.0 Å². The topological polar surface area (TPSA) is 85.8 Å². The van der Waals surface area contributed by atoms with Crippen molar-refractivity contribution in [1.82, 2.24) is 19.9 Å². The molecule has 0 bridgehead atoms. The van der Waals surface area contributed by atoms with Crippen molar-refractivity contribution < 1.29 is 4.79 Å². The number of aromatic nitrogens is 3. The van der Waals surface area contributed by atoms with Gasteiger partial charge in [0.25, 0.3) is 5.91 Å². The van der Waals surface area contributed by atoms with Gasteiger partial charge < -0.3 is 15.6 Å². The van der Waals surface area contributed by atoms with Gasteiger partial charge in [0.2, 0.25) is 0 Å². The number of hydrogen-bond donors (Lipinski definition) is 2. The lowest BCUT2D eigenvalue weighted by atomic mass is 9.95. The molecule has 3 N–H and O–H groups in total. The smallest absolute Gasteiger partial charge is 0.257 e. The van der Waals surface area contributed by atoms with E-state index in [0.717, 1.165) is 43.1 Å². The first-order chi connectivity index (χ1) is 15.2. The van der Waals surface area contributed by atoms with Gasteiger partial charge in [-0.15, -0.1) is 0 Å². The zero-order valence-corrected chi connectivity index (χ0v) is 17.6. The minimum absolute atomic E-state index is 0.141. The van der Waals surface area contributed by atoms with Crippen LogP contribution in [0.2, 0.25) is 0 Å². The second kappa shape index (κ2) is 8.38. The first kappa shape index (κ1) is 19.5. The Balaban J connectivity index is 1.57. The number of benzene rings is 2. The lowest BCUT2D eigenvalue weighted by molar-refractivity contribution is 0.0930. The predicted molar refractivity (Wildman–Crippen MR) is 124 cm³/mol. The third-order valence-corrected chi connectivity index (χ3v) is 6.23. The number of carbonyl (C=O) groups is 1. The highest BCUT2D eigenvalue weighted by Gasteiger charge is 2.26. The van der Waals surface area contributed by atoms with E-state index in [-0.39, 0.29) is 11.9 Å². The quantitative estimate of drug-likeness (QED) is 0.505. The van der Waals surface area contributed by atoms with E-state index in [1.807, 2.05) is 47.0 Å². The van der Waals surface area contributed by atoms with Crippen LogP contribution in [0.4, 0.5) is 5.82 Å². The summed E-state index contributed by atoms with van der Waals surface area (Å²) in [5.41, 5.74) is 11.0. The zero-order valence-electron chi connectivity index (χ0n) is 17.6. The van der Waals surface area contributed by atoms with Crippen LogP contribution in [0.5, 0.6) is 0 Å². The summed E-state index contributed by atoms with van der Waals surface area (Å²) < 4.78 is 1.94. The van der Waals surface area contributed by atoms with Crippen LogP contribution in [0, 0.1) is 0 Å². The number of anilines is 1. The van der Waals surface area contributed by atoms with Crippen molar-refractivity contribution in [2.45, 2.75) is 51.1 Å². The van der Waals surface area contributed by atoms with Crippen LogP contribution >= 0.6 is 0 Å². The first-order valence-electron chi connectivity index (χ1n) is 11.1. The monoisotopic (exact) mass is 413 g/mol. The Hall–Kier alpha value is -3.41. The molecule has 2 aromatic heterocycles. The number of nitrogens with zero attached hydrogens (tertiary/aromatic N) is 3. The maximum Gasteiger partial charge on any atom is 0.257 e. The van der Waals surface area contributed by atoms with Gasteiger partial charge in [0.1, 0.15) is 16.9 Å². The van der Waals surface area contributed by atoms with Gasteiger partial charge in [-0.3, -0.25) is 4.79 Å². The molecule has 31 heavy (non-hydrogen) atoms. The summed E-state index contributed by atoms with van der Waals surface area (Å²) in [4.78, 5) is 22.9. The normalized spacial score (nSPS) is 14.8. The van der Waals surface area contributed by atoms with E-state index in [2.05, 4.69) is 17.4 Å². The molecule has 0 radical (unpaired) electrons. The van der Waals surface area contributed by atoms with E-state index in [4.69, 9.17) is 15.7 Å². The average Bonchev–Trinajstić information content (AvgIpc) is 3.07. The number of rotatable bonds is 5. The Kier molecular flexibility index (Phi) is 5.28. The van der Waals surface area contributed by atoms with E-state index in [1.54, 1.807) is 0 Å². The molecule has 0 saturated heterocycles. The largest absolute Gasteiger partial charge is 0.384 e. The van der Waals surface area contributed by atoms with Gasteiger partial charge in [0.15, 0.2) is 5.65 Å². The molecule has 2 heterocycles. The molecule has 6 heteroatoms. The zero-order chi connectivity index (χ0) is 21.2. The molecule has 0 unspecified atom stereocenters. The van der Waals surface area contributed by atoms with Crippen LogP contribution in [0.3, 0.4) is 0 Å². The number of fused-ring (bicyclic) bond motifs is 2. The maximum atomic E-state index is 13.3. The van der Waals surface area contributed by atoms with Gasteiger partial charge in [0.05, 0.1) is 11.0 Å². The van der Waals surface area contributed by atoms with Crippen LogP contribution in [0.1, 0.15) is 48.0 Å². The van der Waals surface area contributed by atoms with E-state index >= 15 is 0 Å². The minimum Gasteiger partial charge on any atom is -0.384 e. The van der Waals surface area contributed by atoms with Crippen molar-refractivity contribution in [2.75, 3.05) is 5.73 Å². The Labute approximate surface area is 181 Å². The van der Waals surface area contributed by atoms with Crippen molar-refractivity contribution in [3.05, 3.63) is 65.7 Å². The average molecular weight is 414 g/mol. The predicted octanol–water partition coefficient (Wildman–Crippen LogP) is 4.47. The summed E-state index contributed by atoms with van der Waals surface area (Å²) >= 11 is 0. The summed E-state index contributed by atoms with van der Waals surface area (Å²) in [6.45, 7) is 0.635. The fourth-order valence-electron chi connectivity index (χ4n) is 4.56. The number of nitrogen functional groups attached to an aromatic ring is 1. The number of aryl methyl sites for hydroxylation is 2. The summed E-state index contributed by atoms with van der Waals surface area (Å²) in [7, 11) is 0. The van der Waals surface area contributed by atoms with Gasteiger partial charge in [-0.25, -0.2) is 9.97 Å². The third-order valence-electron chi connectivity index (χ3n) is 6.23. The summed E-state index contributed by atoms with van der Waals surface area (Å²) in [6.07, 6.45) is 6.39. The molecule has 1 aliphatic carbocycles. The van der Waals surface area contributed by atoms with Crippen LogP contribution in [0.15, 0.2) is 54.6 Å². The number of nitrogens with one attached hydrogen (secondary N) is 1. The highest BCUT2D eigenvalue weighted by molar-refractivity contribution is 6.10. The van der Waals surface area contributed by atoms with E-state index < -0.39 is 0 Å². The van der Waals surface area contributed by atoms with Crippen LogP contribution in [-0.4, -0.2) is 26.5 Å². The Morgan fingerprint density at radius 2 is 1.65 bits per heavy atom. The van der Waals surface area contributed by atoms with Crippen molar-refractivity contribution in [3.63, 3.8) is 0 Å². The molecule has 0 aliphatic heterocycles. The molecule has 1 amide bonds. The molecule has 6 nitrogen and oxygen atoms in total. The molecule has 1 saturated carbocycles. The second-order valence-corrected chi connectivity index (χ2v) is 8.34. The van der Waals surface area contributed by atoms with Crippen molar-refractivity contribution in [2.24, 2.45) is 0 Å². The van der Waals surface area contributed by atoms with Gasteiger partial charge in [-0.1, -0.05) is 61.7 Å². The van der Waals surface area contributed by atoms with Gasteiger partial charge >= 0.3 is 0 Å². The molecule has 4 aromatic rings. The van der Waals surface area contributed by atoms with Crippen LogP contribution < -0.4 is 11.1 Å². The van der Waals surface area contributed by atoms with E-state index in [9.17, 15) is 4.79 Å². The van der Waals surface area contributed by atoms with Gasteiger partial charge in [-0.2, -0.15) is 0 Å². The van der Waals surface area contributed by atoms with E-state index in [0.29, 0.717) is 29.1 Å². The van der Waals surface area contributed by atoms with Crippen molar-refractivity contribution in [3.8, 4) is 0 Å². The summed E-state index contributed by atoms with van der Waals surface area (Å²) in [5.74, 6) is 0.298.